The summed E-state index contributed by atoms with van der Waals surface area (Å²) in [4.78, 5) is 8.27. The van der Waals surface area contributed by atoms with Crippen molar-refractivity contribution in [1.82, 2.24) is 9.97 Å². The standard InChI is InChI=1S/C12H14N4O/c1-8-5-6-14-12(11(8)13)16-9-3-4-10(17-2)15-7-9/h3-7H,13H2,1-2H3,(H,14,16). The summed E-state index contributed by atoms with van der Waals surface area (Å²) in [6.45, 7) is 1.94. The fourth-order valence-corrected chi connectivity index (χ4v) is 1.38. The maximum absolute atomic E-state index is 5.92. The molecule has 3 N–H and O–H groups in total. The first-order valence-corrected chi connectivity index (χ1v) is 5.19. The molecule has 0 unspecified atom stereocenters. The number of methoxy groups -OCH3 is 1. The number of hydrogen-bond acceptors (Lipinski definition) is 5. The van der Waals surface area contributed by atoms with Gasteiger partial charge >= 0.3 is 0 Å². The summed E-state index contributed by atoms with van der Waals surface area (Å²) in [5.41, 5.74) is 8.36. The number of rotatable bonds is 3. The van der Waals surface area contributed by atoms with E-state index in [1.807, 2.05) is 19.1 Å². The summed E-state index contributed by atoms with van der Waals surface area (Å²) in [6, 6.07) is 5.50. The number of nitrogens with one attached hydrogen (secondary N) is 1. The van der Waals surface area contributed by atoms with E-state index in [0.29, 0.717) is 17.4 Å². The van der Waals surface area contributed by atoms with Crippen LogP contribution in [0.4, 0.5) is 17.2 Å². The lowest BCUT2D eigenvalue weighted by molar-refractivity contribution is 0.398. The zero-order chi connectivity index (χ0) is 12.3. The molecule has 0 saturated carbocycles. The molecule has 0 aliphatic rings. The Morgan fingerprint density at radius 3 is 2.71 bits per heavy atom. The molecule has 2 rings (SSSR count). The van der Waals surface area contributed by atoms with E-state index in [2.05, 4.69) is 15.3 Å². The maximum atomic E-state index is 5.92. The van der Waals surface area contributed by atoms with Gasteiger partial charge in [-0.2, -0.15) is 0 Å². The number of nitrogens with two attached hydrogens (primary N) is 1. The highest BCUT2D eigenvalue weighted by molar-refractivity contribution is 5.70. The van der Waals surface area contributed by atoms with Gasteiger partial charge in [0.15, 0.2) is 5.82 Å². The van der Waals surface area contributed by atoms with E-state index < -0.39 is 0 Å². The Kier molecular flexibility index (Phi) is 3.09. The highest BCUT2D eigenvalue weighted by atomic mass is 16.5. The van der Waals surface area contributed by atoms with Gasteiger partial charge in [-0.05, 0) is 24.6 Å². The summed E-state index contributed by atoms with van der Waals surface area (Å²) < 4.78 is 4.98. The molecule has 0 saturated heterocycles. The molecule has 0 aromatic carbocycles. The number of aryl methyl sites for hydroxylation is 1. The van der Waals surface area contributed by atoms with Crippen LogP contribution in [0, 0.1) is 6.92 Å². The minimum Gasteiger partial charge on any atom is -0.481 e. The predicted molar refractivity (Wildman–Crippen MR) is 67.5 cm³/mol. The number of ether oxygens (including phenoxy) is 1. The Morgan fingerprint density at radius 1 is 1.24 bits per heavy atom. The molecule has 0 fully saturated rings. The highest BCUT2D eigenvalue weighted by Gasteiger charge is 2.03. The van der Waals surface area contributed by atoms with Gasteiger partial charge in [-0.3, -0.25) is 0 Å². The molecule has 0 aliphatic carbocycles. The number of pyridine rings is 2. The molecule has 2 aromatic rings. The third kappa shape index (κ3) is 2.44. The summed E-state index contributed by atoms with van der Waals surface area (Å²) in [5, 5.41) is 3.11. The van der Waals surface area contributed by atoms with E-state index in [4.69, 9.17) is 10.5 Å². The van der Waals surface area contributed by atoms with Gasteiger partial charge in [0.2, 0.25) is 5.88 Å². The van der Waals surface area contributed by atoms with Gasteiger partial charge < -0.3 is 15.8 Å². The first-order valence-electron chi connectivity index (χ1n) is 5.19. The van der Waals surface area contributed by atoms with Gasteiger partial charge in [0, 0.05) is 12.3 Å². The minimum atomic E-state index is 0.570. The average Bonchev–Trinajstić information content (AvgIpc) is 2.36. The number of aromatic nitrogens is 2. The van der Waals surface area contributed by atoms with E-state index in [1.54, 1.807) is 25.6 Å². The van der Waals surface area contributed by atoms with Gasteiger partial charge in [0.1, 0.15) is 0 Å². The van der Waals surface area contributed by atoms with Crippen molar-refractivity contribution in [3.05, 3.63) is 36.2 Å². The lowest BCUT2D eigenvalue weighted by Crippen LogP contribution is -2.01. The zero-order valence-electron chi connectivity index (χ0n) is 9.77. The van der Waals surface area contributed by atoms with Gasteiger partial charge in [-0.25, -0.2) is 9.97 Å². The van der Waals surface area contributed by atoms with Gasteiger partial charge in [-0.15, -0.1) is 0 Å². The van der Waals surface area contributed by atoms with Crippen molar-refractivity contribution in [2.24, 2.45) is 0 Å². The van der Waals surface area contributed by atoms with Gasteiger partial charge in [0.05, 0.1) is 24.7 Å². The highest BCUT2D eigenvalue weighted by Crippen LogP contribution is 2.23. The molecule has 5 heteroatoms. The second-order valence-electron chi connectivity index (χ2n) is 3.60. The SMILES string of the molecule is COc1ccc(Nc2nccc(C)c2N)cn1. The van der Waals surface area contributed by atoms with E-state index in [-0.39, 0.29) is 0 Å². The van der Waals surface area contributed by atoms with Crippen molar-refractivity contribution in [2.45, 2.75) is 6.92 Å². The Bertz CT molecular complexity index is 510. The molecule has 0 atom stereocenters. The lowest BCUT2D eigenvalue weighted by atomic mass is 10.2. The molecule has 0 spiro atoms. The predicted octanol–water partition coefficient (Wildman–Crippen LogP) is 2.12. The molecule has 2 aromatic heterocycles. The van der Waals surface area contributed by atoms with Crippen LogP contribution < -0.4 is 15.8 Å². The van der Waals surface area contributed by atoms with Crippen molar-refractivity contribution in [2.75, 3.05) is 18.2 Å². The molecule has 0 bridgehead atoms. The first kappa shape index (κ1) is 11.2. The maximum Gasteiger partial charge on any atom is 0.213 e. The average molecular weight is 230 g/mol. The number of nitrogens with zero attached hydrogens (tertiary/aromatic N) is 2. The first-order chi connectivity index (χ1) is 8.20. The van der Waals surface area contributed by atoms with Crippen molar-refractivity contribution >= 4 is 17.2 Å². The van der Waals surface area contributed by atoms with E-state index in [9.17, 15) is 0 Å². The molecular formula is C12H14N4O. The monoisotopic (exact) mass is 230 g/mol. The van der Waals surface area contributed by atoms with Crippen molar-refractivity contribution in [3.63, 3.8) is 0 Å². The summed E-state index contributed by atoms with van der Waals surface area (Å²) in [7, 11) is 1.58. The molecule has 0 aliphatic heterocycles. The fourth-order valence-electron chi connectivity index (χ4n) is 1.38. The Labute approximate surface area is 99.7 Å². The molecule has 0 radical (unpaired) electrons. The number of nitrogen functional groups attached to an aromatic ring is 1. The Hall–Kier alpha value is -2.30. The third-order valence-electron chi connectivity index (χ3n) is 2.42. The fraction of sp³-hybridized carbons (Fsp3) is 0.167. The molecule has 88 valence electrons. The quantitative estimate of drug-likeness (QED) is 0.844. The smallest absolute Gasteiger partial charge is 0.213 e. The molecule has 2 heterocycles. The van der Waals surface area contributed by atoms with Crippen molar-refractivity contribution in [3.8, 4) is 5.88 Å². The van der Waals surface area contributed by atoms with Gasteiger partial charge in [-0.1, -0.05) is 0 Å². The van der Waals surface area contributed by atoms with Crippen LogP contribution in [-0.2, 0) is 0 Å². The summed E-state index contributed by atoms with van der Waals surface area (Å²) in [5.74, 6) is 1.21. The van der Waals surface area contributed by atoms with Crippen LogP contribution >= 0.6 is 0 Å². The zero-order valence-corrected chi connectivity index (χ0v) is 9.77. The van der Waals surface area contributed by atoms with Gasteiger partial charge in [0.25, 0.3) is 0 Å². The normalized spacial score (nSPS) is 10.0. The van der Waals surface area contributed by atoms with E-state index >= 15 is 0 Å². The van der Waals surface area contributed by atoms with E-state index in [1.165, 1.54) is 0 Å². The van der Waals surface area contributed by atoms with Crippen LogP contribution in [0.25, 0.3) is 0 Å². The van der Waals surface area contributed by atoms with Crippen LogP contribution in [0.1, 0.15) is 5.56 Å². The number of anilines is 3. The van der Waals surface area contributed by atoms with Crippen molar-refractivity contribution in [1.29, 1.82) is 0 Å². The van der Waals surface area contributed by atoms with Crippen LogP contribution in [0.2, 0.25) is 0 Å². The third-order valence-corrected chi connectivity index (χ3v) is 2.42. The molecule has 17 heavy (non-hydrogen) atoms. The minimum absolute atomic E-state index is 0.570. The Balaban J connectivity index is 2.22. The van der Waals surface area contributed by atoms with Crippen LogP contribution in [0.15, 0.2) is 30.6 Å². The second kappa shape index (κ2) is 4.69. The summed E-state index contributed by atoms with van der Waals surface area (Å²) >= 11 is 0. The van der Waals surface area contributed by atoms with Crippen LogP contribution in [-0.4, -0.2) is 17.1 Å². The Morgan fingerprint density at radius 2 is 2.06 bits per heavy atom. The largest absolute Gasteiger partial charge is 0.481 e. The topological polar surface area (TPSA) is 73.1 Å². The summed E-state index contributed by atoms with van der Waals surface area (Å²) in [6.07, 6.45) is 3.38. The molecule has 5 nitrogen and oxygen atoms in total. The second-order valence-corrected chi connectivity index (χ2v) is 3.60. The number of hydrogen-bond donors (Lipinski definition) is 2. The van der Waals surface area contributed by atoms with Crippen LogP contribution in [0.5, 0.6) is 5.88 Å². The molecular weight excluding hydrogens is 216 g/mol. The lowest BCUT2D eigenvalue weighted by Gasteiger charge is -2.09. The van der Waals surface area contributed by atoms with E-state index in [0.717, 1.165) is 11.3 Å². The molecule has 0 amide bonds. The van der Waals surface area contributed by atoms with Crippen LogP contribution in [0.3, 0.4) is 0 Å². The van der Waals surface area contributed by atoms with Crippen molar-refractivity contribution < 1.29 is 4.74 Å².